The minimum atomic E-state index is -0.0807. The minimum Gasteiger partial charge on any atom is -0.493 e. The molecule has 0 atom stereocenters. The first-order valence-electron chi connectivity index (χ1n) is 9.10. The molecule has 0 saturated heterocycles. The molecule has 2 aliphatic rings. The van der Waals surface area contributed by atoms with Gasteiger partial charge < -0.3 is 19.5 Å². The summed E-state index contributed by atoms with van der Waals surface area (Å²) in [7, 11) is 0. The zero-order valence-corrected chi connectivity index (χ0v) is 15.1. The van der Waals surface area contributed by atoms with Gasteiger partial charge >= 0.3 is 0 Å². The standard InChI is InChI=1S/C21H23NO4/c1-13(2)26-18-6-4-3-5-17(18)22-20(23)12-16-15-8-10-24-19(15)11-14-7-9-25-21(14)16/h3-6,11,13H,7-10,12H2,1-2H3,(H,22,23). The van der Waals surface area contributed by atoms with Gasteiger partial charge in [-0.15, -0.1) is 0 Å². The van der Waals surface area contributed by atoms with Gasteiger partial charge in [0, 0.05) is 29.5 Å². The van der Waals surface area contributed by atoms with Crippen molar-refractivity contribution in [1.82, 2.24) is 0 Å². The van der Waals surface area contributed by atoms with Crippen LogP contribution in [-0.4, -0.2) is 25.2 Å². The number of hydrogen-bond donors (Lipinski definition) is 1. The van der Waals surface area contributed by atoms with E-state index in [0.29, 0.717) is 24.7 Å². The Morgan fingerprint density at radius 3 is 2.85 bits per heavy atom. The number of amides is 1. The molecule has 0 aromatic heterocycles. The molecule has 2 heterocycles. The van der Waals surface area contributed by atoms with Crippen molar-refractivity contribution < 1.29 is 19.0 Å². The Morgan fingerprint density at radius 1 is 1.19 bits per heavy atom. The van der Waals surface area contributed by atoms with Crippen LogP contribution >= 0.6 is 0 Å². The number of rotatable bonds is 5. The van der Waals surface area contributed by atoms with E-state index in [4.69, 9.17) is 14.2 Å². The van der Waals surface area contributed by atoms with Crippen molar-refractivity contribution in [3.05, 3.63) is 47.0 Å². The van der Waals surface area contributed by atoms with E-state index in [9.17, 15) is 4.79 Å². The monoisotopic (exact) mass is 353 g/mol. The second-order valence-electron chi connectivity index (χ2n) is 6.90. The number of para-hydroxylation sites is 2. The van der Waals surface area contributed by atoms with Crippen LogP contribution in [0.4, 0.5) is 5.69 Å². The molecule has 0 fully saturated rings. The van der Waals surface area contributed by atoms with Gasteiger partial charge in [0.05, 0.1) is 31.4 Å². The highest BCUT2D eigenvalue weighted by Gasteiger charge is 2.27. The van der Waals surface area contributed by atoms with Crippen LogP contribution in [0, 0.1) is 0 Å². The van der Waals surface area contributed by atoms with Crippen LogP contribution in [-0.2, 0) is 24.1 Å². The maximum atomic E-state index is 12.8. The van der Waals surface area contributed by atoms with Crippen LogP contribution in [0.5, 0.6) is 17.2 Å². The van der Waals surface area contributed by atoms with Crippen molar-refractivity contribution in [3.8, 4) is 17.2 Å². The number of hydrogen-bond acceptors (Lipinski definition) is 4. The van der Waals surface area contributed by atoms with Gasteiger partial charge in [0.1, 0.15) is 17.2 Å². The third-order valence-electron chi connectivity index (χ3n) is 4.62. The Kier molecular flexibility index (Phi) is 4.45. The molecule has 1 amide bonds. The number of ether oxygens (including phenoxy) is 3. The van der Waals surface area contributed by atoms with E-state index in [1.54, 1.807) is 0 Å². The van der Waals surface area contributed by atoms with Crippen molar-refractivity contribution in [3.63, 3.8) is 0 Å². The molecule has 0 saturated carbocycles. The fourth-order valence-corrected chi connectivity index (χ4v) is 3.55. The molecule has 2 aromatic carbocycles. The number of benzene rings is 2. The fraction of sp³-hybridized carbons (Fsp3) is 0.381. The lowest BCUT2D eigenvalue weighted by molar-refractivity contribution is -0.115. The number of carbonyl (C=O) groups is 1. The number of nitrogens with one attached hydrogen (secondary N) is 1. The first-order valence-corrected chi connectivity index (χ1v) is 9.10. The molecule has 0 radical (unpaired) electrons. The lowest BCUT2D eigenvalue weighted by atomic mass is 9.97. The normalized spacial score (nSPS) is 14.4. The molecule has 26 heavy (non-hydrogen) atoms. The van der Waals surface area contributed by atoms with Crippen LogP contribution in [0.2, 0.25) is 0 Å². The molecule has 0 bridgehead atoms. The second-order valence-corrected chi connectivity index (χ2v) is 6.90. The van der Waals surface area contributed by atoms with Crippen molar-refractivity contribution in [1.29, 1.82) is 0 Å². The highest BCUT2D eigenvalue weighted by atomic mass is 16.5. The SMILES string of the molecule is CC(C)Oc1ccccc1NC(=O)Cc1c2c(cc3c1OCC3)OCC2. The van der Waals surface area contributed by atoms with E-state index < -0.39 is 0 Å². The molecule has 136 valence electrons. The van der Waals surface area contributed by atoms with Crippen LogP contribution < -0.4 is 19.5 Å². The van der Waals surface area contributed by atoms with E-state index in [1.807, 2.05) is 38.1 Å². The summed E-state index contributed by atoms with van der Waals surface area (Å²) < 4.78 is 17.3. The number of anilines is 1. The van der Waals surface area contributed by atoms with Crippen LogP contribution in [0.25, 0.3) is 0 Å². The van der Waals surface area contributed by atoms with Gasteiger partial charge in [0.25, 0.3) is 0 Å². The molecule has 2 aliphatic heterocycles. The number of fused-ring (bicyclic) bond motifs is 2. The van der Waals surface area contributed by atoms with Gasteiger partial charge in [-0.3, -0.25) is 4.79 Å². The van der Waals surface area contributed by atoms with Gasteiger partial charge in [-0.25, -0.2) is 0 Å². The average Bonchev–Trinajstić information content (AvgIpc) is 3.25. The molecular formula is C21H23NO4. The summed E-state index contributed by atoms with van der Waals surface area (Å²) in [6, 6.07) is 9.57. The average molecular weight is 353 g/mol. The Morgan fingerprint density at radius 2 is 2.00 bits per heavy atom. The van der Waals surface area contributed by atoms with E-state index >= 15 is 0 Å². The van der Waals surface area contributed by atoms with Crippen molar-refractivity contribution in [2.75, 3.05) is 18.5 Å². The highest BCUT2D eigenvalue weighted by molar-refractivity contribution is 5.94. The van der Waals surface area contributed by atoms with Gasteiger partial charge in [0.15, 0.2) is 0 Å². The first kappa shape index (κ1) is 16.8. The molecule has 0 aliphatic carbocycles. The lowest BCUT2D eigenvalue weighted by Gasteiger charge is -2.16. The van der Waals surface area contributed by atoms with Crippen LogP contribution in [0.15, 0.2) is 30.3 Å². The Labute approximate surface area is 153 Å². The van der Waals surface area contributed by atoms with E-state index in [1.165, 1.54) is 0 Å². The molecule has 4 rings (SSSR count). The Bertz CT molecular complexity index is 812. The summed E-state index contributed by atoms with van der Waals surface area (Å²) in [4.78, 5) is 12.8. The second kappa shape index (κ2) is 6.90. The summed E-state index contributed by atoms with van der Waals surface area (Å²) in [5.74, 6) is 2.37. The van der Waals surface area contributed by atoms with Gasteiger partial charge in [-0.1, -0.05) is 12.1 Å². The quantitative estimate of drug-likeness (QED) is 0.893. The van der Waals surface area contributed by atoms with Crippen molar-refractivity contribution in [2.45, 2.75) is 39.2 Å². The molecule has 0 unspecified atom stereocenters. The van der Waals surface area contributed by atoms with Gasteiger partial charge in [0.2, 0.25) is 5.91 Å². The predicted molar refractivity (Wildman–Crippen MR) is 99.4 cm³/mol. The van der Waals surface area contributed by atoms with E-state index in [0.717, 1.165) is 41.0 Å². The lowest BCUT2D eigenvalue weighted by Crippen LogP contribution is -2.17. The third kappa shape index (κ3) is 3.21. The smallest absolute Gasteiger partial charge is 0.229 e. The molecule has 1 N–H and O–H groups in total. The van der Waals surface area contributed by atoms with Crippen molar-refractivity contribution >= 4 is 11.6 Å². The maximum absolute atomic E-state index is 12.8. The Hall–Kier alpha value is -2.69. The molecular weight excluding hydrogens is 330 g/mol. The topological polar surface area (TPSA) is 56.8 Å². The predicted octanol–water partition coefficient (Wildman–Crippen LogP) is 3.52. The van der Waals surface area contributed by atoms with E-state index in [2.05, 4.69) is 11.4 Å². The van der Waals surface area contributed by atoms with Gasteiger partial charge in [-0.2, -0.15) is 0 Å². The van der Waals surface area contributed by atoms with Gasteiger partial charge in [-0.05, 0) is 32.0 Å². The zero-order valence-electron chi connectivity index (χ0n) is 15.1. The Balaban J connectivity index is 1.57. The summed E-state index contributed by atoms with van der Waals surface area (Å²) >= 11 is 0. The summed E-state index contributed by atoms with van der Waals surface area (Å²) in [5, 5.41) is 2.99. The summed E-state index contributed by atoms with van der Waals surface area (Å²) in [6.07, 6.45) is 2.00. The van der Waals surface area contributed by atoms with Crippen LogP contribution in [0.1, 0.15) is 30.5 Å². The molecule has 5 heteroatoms. The maximum Gasteiger partial charge on any atom is 0.229 e. The first-order chi connectivity index (χ1) is 12.6. The zero-order chi connectivity index (χ0) is 18.1. The van der Waals surface area contributed by atoms with Crippen molar-refractivity contribution in [2.24, 2.45) is 0 Å². The third-order valence-corrected chi connectivity index (χ3v) is 4.62. The number of carbonyl (C=O) groups excluding carboxylic acids is 1. The van der Waals surface area contributed by atoms with E-state index in [-0.39, 0.29) is 18.4 Å². The molecule has 2 aromatic rings. The minimum absolute atomic E-state index is 0.0410. The van der Waals surface area contributed by atoms with Crippen LogP contribution in [0.3, 0.4) is 0 Å². The molecule has 0 spiro atoms. The summed E-state index contributed by atoms with van der Waals surface area (Å²) in [6.45, 7) is 5.26. The fourth-order valence-electron chi connectivity index (χ4n) is 3.55. The largest absolute Gasteiger partial charge is 0.493 e. The summed E-state index contributed by atoms with van der Waals surface area (Å²) in [5.41, 5.74) is 3.89. The molecule has 5 nitrogen and oxygen atoms in total. The highest BCUT2D eigenvalue weighted by Crippen LogP contribution is 2.41.